The van der Waals surface area contributed by atoms with E-state index in [9.17, 15) is 0 Å². The predicted molar refractivity (Wildman–Crippen MR) is 66.0 cm³/mol. The van der Waals surface area contributed by atoms with Crippen LogP contribution < -0.4 is 9.64 Å². The molecule has 2 nitrogen and oxygen atoms in total. The molecule has 0 aliphatic rings. The molecule has 1 rings (SSSR count). The number of methoxy groups -OCH3 is 1. The molecule has 0 saturated carbocycles. The quantitative estimate of drug-likeness (QED) is 0.739. The van der Waals surface area contributed by atoms with Crippen molar-refractivity contribution in [1.29, 1.82) is 0 Å². The highest BCUT2D eigenvalue weighted by Crippen LogP contribution is 2.33. The van der Waals surface area contributed by atoms with Crippen LogP contribution in [-0.4, -0.2) is 21.2 Å². The number of ether oxygens (including phenoxy) is 1. The van der Waals surface area contributed by atoms with Gasteiger partial charge in [0.2, 0.25) is 0 Å². The molecule has 0 amide bonds. The fourth-order valence-electron chi connectivity index (χ4n) is 1.58. The topological polar surface area (TPSA) is 12.5 Å². The van der Waals surface area contributed by atoms with Crippen molar-refractivity contribution in [2.75, 3.05) is 26.1 Å². The third-order valence-corrected chi connectivity index (χ3v) is 2.51. The minimum absolute atomic E-state index is 0.121. The van der Waals surface area contributed by atoms with Gasteiger partial charge in [-0.05, 0) is 17.0 Å². The first-order valence-corrected chi connectivity index (χ1v) is 5.22. The second-order valence-corrected chi connectivity index (χ2v) is 5.03. The minimum atomic E-state index is 0.121. The molecule has 0 radical (unpaired) electrons. The summed E-state index contributed by atoms with van der Waals surface area (Å²) < 4.78 is 5.44. The van der Waals surface area contributed by atoms with Gasteiger partial charge < -0.3 is 9.64 Å². The summed E-state index contributed by atoms with van der Waals surface area (Å²) in [6, 6.07) is 6.36. The third-order valence-electron chi connectivity index (χ3n) is 2.51. The predicted octanol–water partition coefficient (Wildman–Crippen LogP) is 3.06. The maximum atomic E-state index is 5.44. The van der Waals surface area contributed by atoms with E-state index in [2.05, 4.69) is 43.9 Å². The Kier molecular flexibility index (Phi) is 3.28. The Labute approximate surface area is 92.9 Å². The zero-order chi connectivity index (χ0) is 11.6. The Morgan fingerprint density at radius 2 is 1.73 bits per heavy atom. The molecule has 0 spiro atoms. The molecule has 15 heavy (non-hydrogen) atoms. The fourth-order valence-corrected chi connectivity index (χ4v) is 1.58. The van der Waals surface area contributed by atoms with E-state index in [4.69, 9.17) is 4.74 Å². The van der Waals surface area contributed by atoms with Crippen LogP contribution in [0.1, 0.15) is 26.3 Å². The molecule has 1 aromatic rings. The van der Waals surface area contributed by atoms with Gasteiger partial charge in [-0.15, -0.1) is 0 Å². The van der Waals surface area contributed by atoms with Gasteiger partial charge in [-0.2, -0.15) is 0 Å². The Hall–Kier alpha value is -1.18. The summed E-state index contributed by atoms with van der Waals surface area (Å²) in [6.45, 7) is 6.58. The van der Waals surface area contributed by atoms with E-state index in [0.717, 1.165) is 5.75 Å². The average Bonchev–Trinajstić information content (AvgIpc) is 2.15. The smallest absolute Gasteiger partial charge is 0.124 e. The number of rotatable bonds is 2. The minimum Gasteiger partial charge on any atom is -0.496 e. The summed E-state index contributed by atoms with van der Waals surface area (Å²) >= 11 is 0. The Morgan fingerprint density at radius 1 is 1.13 bits per heavy atom. The first-order valence-electron chi connectivity index (χ1n) is 5.22. The molecule has 0 aliphatic carbocycles. The summed E-state index contributed by atoms with van der Waals surface area (Å²) in [5.41, 5.74) is 2.53. The molecule has 1 aromatic carbocycles. The van der Waals surface area contributed by atoms with Crippen LogP contribution in [-0.2, 0) is 5.41 Å². The molecule has 0 aliphatic heterocycles. The molecule has 0 atom stereocenters. The van der Waals surface area contributed by atoms with E-state index in [1.807, 2.05) is 14.1 Å². The molecule has 84 valence electrons. The number of hydrogen-bond acceptors (Lipinski definition) is 2. The summed E-state index contributed by atoms with van der Waals surface area (Å²) in [7, 11) is 5.79. The van der Waals surface area contributed by atoms with Crippen molar-refractivity contribution in [1.82, 2.24) is 0 Å². The van der Waals surface area contributed by atoms with Gasteiger partial charge in [0, 0.05) is 25.8 Å². The van der Waals surface area contributed by atoms with Gasteiger partial charge in [0.1, 0.15) is 5.75 Å². The highest BCUT2D eigenvalue weighted by atomic mass is 16.5. The standard InChI is InChI=1S/C13H21NO/c1-13(2,3)11-8-7-10(14(4)5)9-12(11)15-6/h7-9H,1-6H3. The van der Waals surface area contributed by atoms with Crippen LogP contribution in [0.4, 0.5) is 5.69 Å². The van der Waals surface area contributed by atoms with E-state index >= 15 is 0 Å². The number of benzene rings is 1. The normalized spacial score (nSPS) is 11.3. The van der Waals surface area contributed by atoms with Gasteiger partial charge in [-0.3, -0.25) is 0 Å². The van der Waals surface area contributed by atoms with Gasteiger partial charge >= 0.3 is 0 Å². The second kappa shape index (κ2) is 4.13. The highest BCUT2D eigenvalue weighted by Gasteiger charge is 2.18. The van der Waals surface area contributed by atoms with Crippen molar-refractivity contribution in [3.8, 4) is 5.75 Å². The van der Waals surface area contributed by atoms with Crippen LogP contribution in [0.2, 0.25) is 0 Å². The molecule has 0 heterocycles. The zero-order valence-electron chi connectivity index (χ0n) is 10.6. The van der Waals surface area contributed by atoms with Crippen molar-refractivity contribution in [2.24, 2.45) is 0 Å². The first kappa shape index (κ1) is 11.9. The van der Waals surface area contributed by atoms with E-state index in [-0.39, 0.29) is 5.41 Å². The van der Waals surface area contributed by atoms with Gasteiger partial charge in [0.05, 0.1) is 7.11 Å². The lowest BCUT2D eigenvalue weighted by Gasteiger charge is -2.24. The highest BCUT2D eigenvalue weighted by molar-refractivity contribution is 5.54. The number of hydrogen-bond donors (Lipinski definition) is 0. The van der Waals surface area contributed by atoms with Crippen LogP contribution in [0.25, 0.3) is 0 Å². The first-order chi connectivity index (χ1) is 6.86. The van der Waals surface area contributed by atoms with E-state index in [1.165, 1.54) is 11.3 Å². The van der Waals surface area contributed by atoms with Crippen LogP contribution in [0.5, 0.6) is 5.75 Å². The average molecular weight is 207 g/mol. The largest absolute Gasteiger partial charge is 0.496 e. The molecule has 0 saturated heterocycles. The van der Waals surface area contributed by atoms with Gasteiger partial charge in [-0.25, -0.2) is 0 Å². The van der Waals surface area contributed by atoms with Gasteiger partial charge in [-0.1, -0.05) is 26.8 Å². The molecular weight excluding hydrogens is 186 g/mol. The lowest BCUT2D eigenvalue weighted by molar-refractivity contribution is 0.397. The third kappa shape index (κ3) is 2.65. The molecule has 0 bridgehead atoms. The Balaban J connectivity index is 3.21. The van der Waals surface area contributed by atoms with Crippen molar-refractivity contribution in [3.05, 3.63) is 23.8 Å². The molecular formula is C13H21NO. The van der Waals surface area contributed by atoms with E-state index in [0.29, 0.717) is 0 Å². The lowest BCUT2D eigenvalue weighted by Crippen LogP contribution is -2.14. The number of nitrogens with zero attached hydrogens (tertiary/aromatic N) is 1. The van der Waals surface area contributed by atoms with Crippen LogP contribution in [0.15, 0.2) is 18.2 Å². The second-order valence-electron chi connectivity index (χ2n) is 5.03. The molecule has 2 heteroatoms. The van der Waals surface area contributed by atoms with Crippen molar-refractivity contribution in [3.63, 3.8) is 0 Å². The SMILES string of the molecule is COc1cc(N(C)C)ccc1C(C)(C)C. The Bertz CT molecular complexity index is 337. The van der Waals surface area contributed by atoms with Crippen LogP contribution >= 0.6 is 0 Å². The van der Waals surface area contributed by atoms with Crippen molar-refractivity contribution < 1.29 is 4.74 Å². The summed E-state index contributed by atoms with van der Waals surface area (Å²) in [6.07, 6.45) is 0. The summed E-state index contributed by atoms with van der Waals surface area (Å²) in [5.74, 6) is 0.966. The Morgan fingerprint density at radius 3 is 2.13 bits per heavy atom. The van der Waals surface area contributed by atoms with Gasteiger partial charge in [0.25, 0.3) is 0 Å². The molecule has 0 aromatic heterocycles. The summed E-state index contributed by atoms with van der Waals surface area (Å²) in [4.78, 5) is 2.08. The van der Waals surface area contributed by atoms with E-state index in [1.54, 1.807) is 7.11 Å². The maximum absolute atomic E-state index is 5.44. The van der Waals surface area contributed by atoms with Crippen LogP contribution in [0, 0.1) is 0 Å². The fraction of sp³-hybridized carbons (Fsp3) is 0.538. The summed E-state index contributed by atoms with van der Waals surface area (Å²) in [5, 5.41) is 0. The van der Waals surface area contributed by atoms with Crippen molar-refractivity contribution in [2.45, 2.75) is 26.2 Å². The van der Waals surface area contributed by atoms with Gasteiger partial charge in [0.15, 0.2) is 0 Å². The molecule has 0 N–H and O–H groups in total. The number of anilines is 1. The zero-order valence-corrected chi connectivity index (χ0v) is 10.6. The maximum Gasteiger partial charge on any atom is 0.124 e. The van der Waals surface area contributed by atoms with Crippen molar-refractivity contribution >= 4 is 5.69 Å². The lowest BCUT2D eigenvalue weighted by atomic mass is 9.86. The monoisotopic (exact) mass is 207 g/mol. The molecule has 0 unspecified atom stereocenters. The van der Waals surface area contributed by atoms with Crippen LogP contribution in [0.3, 0.4) is 0 Å². The van der Waals surface area contributed by atoms with E-state index < -0.39 is 0 Å². The molecule has 0 fully saturated rings.